The van der Waals surface area contributed by atoms with Gasteiger partial charge >= 0.3 is 0 Å². The number of anilines is 1. The highest BCUT2D eigenvalue weighted by Gasteiger charge is 2.24. The first-order chi connectivity index (χ1) is 13.4. The molecule has 0 aromatic heterocycles. The van der Waals surface area contributed by atoms with Crippen molar-refractivity contribution in [2.45, 2.75) is 13.8 Å². The minimum Gasteiger partial charge on any atom is -0.356 e. The molecular weight excluding hydrogens is 352 g/mol. The Kier molecular flexibility index (Phi) is 4.31. The summed E-state index contributed by atoms with van der Waals surface area (Å²) in [5, 5.41) is 7.38. The smallest absolute Gasteiger partial charge is 0.282 e. The summed E-state index contributed by atoms with van der Waals surface area (Å²) in [6.45, 7) is 3.96. The maximum Gasteiger partial charge on any atom is 0.282 e. The lowest BCUT2D eigenvalue weighted by Crippen LogP contribution is -2.17. The monoisotopic (exact) mass is 372 g/mol. The predicted molar refractivity (Wildman–Crippen MR) is 109 cm³/mol. The van der Waals surface area contributed by atoms with Gasteiger partial charge in [0, 0.05) is 25.1 Å². The molecule has 140 valence electrons. The minimum atomic E-state index is -0.302. The predicted octanol–water partition coefficient (Wildman–Crippen LogP) is 3.54. The van der Waals surface area contributed by atoms with Crippen LogP contribution < -0.4 is 10.9 Å². The second-order valence-corrected chi connectivity index (χ2v) is 6.98. The summed E-state index contributed by atoms with van der Waals surface area (Å²) in [6.07, 6.45) is 3.37. The summed E-state index contributed by atoms with van der Waals surface area (Å²) in [7, 11) is 1.78. The molecule has 0 saturated heterocycles. The van der Waals surface area contributed by atoms with Crippen LogP contribution in [0.25, 0.3) is 16.9 Å². The summed E-state index contributed by atoms with van der Waals surface area (Å²) >= 11 is 0. The Labute approximate surface area is 162 Å². The van der Waals surface area contributed by atoms with E-state index in [4.69, 9.17) is 0 Å². The molecule has 2 heterocycles. The fourth-order valence-electron chi connectivity index (χ4n) is 3.39. The molecule has 2 aromatic carbocycles. The first kappa shape index (κ1) is 17.7. The average molecular weight is 372 g/mol. The van der Waals surface area contributed by atoms with Crippen LogP contribution in [0, 0.1) is 13.8 Å². The SMILES string of the molecule is Cc1cc(C)cc(NC(=O)c2cn(C)cc3c(=O)n(-c4ccccc4)nc2-3)c1. The number of para-hydroxylation sites is 1. The van der Waals surface area contributed by atoms with Crippen molar-refractivity contribution < 1.29 is 4.79 Å². The van der Waals surface area contributed by atoms with Gasteiger partial charge in [0.25, 0.3) is 11.5 Å². The average Bonchev–Trinajstić information content (AvgIpc) is 2.97. The third-order valence-electron chi connectivity index (χ3n) is 4.52. The standard InChI is InChI=1S/C22H20N4O2/c1-14-9-15(2)11-16(10-14)23-21(27)18-12-25(3)13-19-20(18)24-26(22(19)28)17-7-5-4-6-8-17/h4-13H,1-3H3,(H,23,27). The number of carbonyl (C=O) groups is 1. The van der Waals surface area contributed by atoms with Gasteiger partial charge in [-0.25, -0.2) is 0 Å². The Bertz CT molecular complexity index is 1180. The number of aromatic nitrogens is 3. The lowest BCUT2D eigenvalue weighted by Gasteiger charge is -2.11. The second-order valence-electron chi connectivity index (χ2n) is 6.98. The van der Waals surface area contributed by atoms with Crippen LogP contribution in [0.15, 0.2) is 65.7 Å². The number of carbonyl (C=O) groups excluding carboxylic acids is 1. The number of aryl methyl sites for hydroxylation is 3. The van der Waals surface area contributed by atoms with Crippen molar-refractivity contribution in [3.8, 4) is 16.9 Å². The first-order valence-corrected chi connectivity index (χ1v) is 8.96. The first-order valence-electron chi connectivity index (χ1n) is 8.96. The summed E-state index contributed by atoms with van der Waals surface area (Å²) in [6, 6.07) is 15.0. The van der Waals surface area contributed by atoms with Gasteiger partial charge in [0.2, 0.25) is 0 Å². The molecule has 6 heteroatoms. The van der Waals surface area contributed by atoms with Gasteiger partial charge in [0.15, 0.2) is 0 Å². The number of pyridine rings is 1. The van der Waals surface area contributed by atoms with E-state index in [2.05, 4.69) is 10.4 Å². The maximum atomic E-state index is 13.0. The topological polar surface area (TPSA) is 68.9 Å². The Hall–Kier alpha value is -3.67. The molecule has 0 aliphatic carbocycles. The normalized spacial score (nSPS) is 11.0. The number of amides is 1. The van der Waals surface area contributed by atoms with Crippen LogP contribution in [0.1, 0.15) is 21.5 Å². The zero-order valence-electron chi connectivity index (χ0n) is 15.9. The van der Waals surface area contributed by atoms with Crippen molar-refractivity contribution in [2.75, 3.05) is 5.32 Å². The Morgan fingerprint density at radius 1 is 1.00 bits per heavy atom. The largest absolute Gasteiger partial charge is 0.356 e. The molecule has 2 aromatic rings. The molecule has 6 nitrogen and oxygen atoms in total. The van der Waals surface area contributed by atoms with Crippen LogP contribution in [-0.2, 0) is 7.05 Å². The molecule has 0 atom stereocenters. The molecule has 28 heavy (non-hydrogen) atoms. The third-order valence-corrected chi connectivity index (χ3v) is 4.52. The van der Waals surface area contributed by atoms with Gasteiger partial charge < -0.3 is 9.88 Å². The fraction of sp³-hybridized carbons (Fsp3) is 0.136. The van der Waals surface area contributed by atoms with E-state index < -0.39 is 0 Å². The van der Waals surface area contributed by atoms with Gasteiger partial charge in [0.1, 0.15) is 5.69 Å². The van der Waals surface area contributed by atoms with Crippen LogP contribution in [-0.4, -0.2) is 20.3 Å². The number of nitrogens with one attached hydrogen (secondary N) is 1. The van der Waals surface area contributed by atoms with E-state index >= 15 is 0 Å². The Morgan fingerprint density at radius 3 is 2.36 bits per heavy atom. The van der Waals surface area contributed by atoms with Crippen LogP contribution in [0.3, 0.4) is 0 Å². The number of hydrogen-bond donors (Lipinski definition) is 1. The van der Waals surface area contributed by atoms with E-state index in [1.165, 1.54) is 4.68 Å². The van der Waals surface area contributed by atoms with Gasteiger partial charge in [-0.1, -0.05) is 24.3 Å². The van der Waals surface area contributed by atoms with E-state index in [9.17, 15) is 9.59 Å². The van der Waals surface area contributed by atoms with E-state index in [1.54, 1.807) is 24.0 Å². The molecule has 2 aliphatic heterocycles. The summed E-state index contributed by atoms with van der Waals surface area (Å²) in [4.78, 5) is 25.8. The number of benzene rings is 2. The highest BCUT2D eigenvalue weighted by molar-refractivity contribution is 6.08. The molecule has 1 N–H and O–H groups in total. The van der Waals surface area contributed by atoms with Crippen molar-refractivity contribution in [1.82, 2.24) is 14.3 Å². The molecular formula is C22H20N4O2. The quantitative estimate of drug-likeness (QED) is 0.598. The van der Waals surface area contributed by atoms with Gasteiger partial charge in [-0.2, -0.15) is 9.78 Å². The van der Waals surface area contributed by atoms with E-state index in [1.807, 2.05) is 62.4 Å². The molecule has 1 amide bonds. The number of fused-ring (bicyclic) bond motifs is 1. The summed E-state index contributed by atoms with van der Waals surface area (Å²) in [5.74, 6) is -0.302. The number of hydrogen-bond acceptors (Lipinski definition) is 3. The lowest BCUT2D eigenvalue weighted by atomic mass is 10.1. The van der Waals surface area contributed by atoms with E-state index in [0.717, 1.165) is 11.1 Å². The molecule has 4 rings (SSSR count). The minimum absolute atomic E-state index is 0.252. The van der Waals surface area contributed by atoms with Crippen LogP contribution in [0.2, 0.25) is 0 Å². The van der Waals surface area contributed by atoms with Crippen LogP contribution in [0.4, 0.5) is 5.69 Å². The fourth-order valence-corrected chi connectivity index (χ4v) is 3.39. The van der Waals surface area contributed by atoms with Crippen LogP contribution in [0.5, 0.6) is 0 Å². The lowest BCUT2D eigenvalue weighted by molar-refractivity contribution is 0.102. The maximum absolute atomic E-state index is 13.0. The number of rotatable bonds is 3. The Balaban J connectivity index is 1.80. The molecule has 0 bridgehead atoms. The summed E-state index contributed by atoms with van der Waals surface area (Å²) in [5.41, 5.74) is 4.39. The molecule has 0 radical (unpaired) electrons. The van der Waals surface area contributed by atoms with E-state index in [0.29, 0.717) is 28.2 Å². The molecule has 2 aliphatic rings. The zero-order valence-corrected chi connectivity index (χ0v) is 15.9. The van der Waals surface area contributed by atoms with Crippen molar-refractivity contribution in [3.63, 3.8) is 0 Å². The van der Waals surface area contributed by atoms with Crippen molar-refractivity contribution in [3.05, 3.63) is 88.0 Å². The zero-order chi connectivity index (χ0) is 19.8. The van der Waals surface area contributed by atoms with Crippen molar-refractivity contribution in [2.24, 2.45) is 7.05 Å². The Morgan fingerprint density at radius 2 is 1.68 bits per heavy atom. The van der Waals surface area contributed by atoms with E-state index in [-0.39, 0.29) is 11.5 Å². The third kappa shape index (κ3) is 3.20. The number of nitrogens with zero attached hydrogens (tertiary/aromatic N) is 3. The highest BCUT2D eigenvalue weighted by Crippen LogP contribution is 2.23. The molecule has 0 saturated carbocycles. The van der Waals surface area contributed by atoms with Gasteiger partial charge in [-0.05, 0) is 49.2 Å². The highest BCUT2D eigenvalue weighted by atomic mass is 16.2. The van der Waals surface area contributed by atoms with Gasteiger partial charge in [-0.3, -0.25) is 9.59 Å². The molecule has 0 unspecified atom stereocenters. The molecule has 0 spiro atoms. The van der Waals surface area contributed by atoms with Crippen molar-refractivity contribution in [1.29, 1.82) is 0 Å². The summed E-state index contributed by atoms with van der Waals surface area (Å²) < 4.78 is 3.04. The van der Waals surface area contributed by atoms with Gasteiger partial charge in [-0.15, -0.1) is 0 Å². The molecule has 0 fully saturated rings. The van der Waals surface area contributed by atoms with Crippen molar-refractivity contribution >= 4 is 11.6 Å². The van der Waals surface area contributed by atoms with Crippen LogP contribution >= 0.6 is 0 Å². The second kappa shape index (κ2) is 6.81. The van der Waals surface area contributed by atoms with Gasteiger partial charge in [0.05, 0.1) is 16.8 Å².